The quantitative estimate of drug-likeness (QED) is 0.931. The van der Waals surface area contributed by atoms with Crippen molar-refractivity contribution < 1.29 is 4.42 Å². The fraction of sp³-hybridized carbons (Fsp3) is 0.529. The van der Waals surface area contributed by atoms with E-state index in [1.165, 1.54) is 19.3 Å². The molecule has 3 rings (SSSR count). The summed E-state index contributed by atoms with van der Waals surface area (Å²) in [4.78, 5) is 0. The van der Waals surface area contributed by atoms with Crippen molar-refractivity contribution in [3.63, 3.8) is 0 Å². The Morgan fingerprint density at radius 3 is 2.67 bits per heavy atom. The molecule has 4 nitrogen and oxygen atoms in total. The van der Waals surface area contributed by atoms with Crippen LogP contribution in [0.3, 0.4) is 0 Å². The minimum absolute atomic E-state index is 0.572. The Bertz CT molecular complexity index is 566. The molecule has 0 amide bonds. The van der Waals surface area contributed by atoms with Crippen LogP contribution in [0, 0.1) is 11.8 Å². The van der Waals surface area contributed by atoms with Gasteiger partial charge < -0.3 is 9.73 Å². The minimum Gasteiger partial charge on any atom is -0.419 e. The molecule has 112 valence electrons. The van der Waals surface area contributed by atoms with E-state index >= 15 is 0 Å². The summed E-state index contributed by atoms with van der Waals surface area (Å²) < 4.78 is 5.72. The first-order valence-electron chi connectivity index (χ1n) is 7.83. The smallest absolute Gasteiger partial charge is 0.247 e. The highest BCUT2D eigenvalue weighted by molar-refractivity contribution is 5.51. The molecule has 4 heteroatoms. The second kappa shape index (κ2) is 6.39. The van der Waals surface area contributed by atoms with Crippen molar-refractivity contribution >= 4 is 0 Å². The van der Waals surface area contributed by atoms with Crippen LogP contribution in [0.5, 0.6) is 0 Å². The summed E-state index contributed by atoms with van der Waals surface area (Å²) in [5, 5.41) is 11.8. The molecule has 0 spiro atoms. The summed E-state index contributed by atoms with van der Waals surface area (Å²) in [5.41, 5.74) is 0.969. The van der Waals surface area contributed by atoms with E-state index in [2.05, 4.69) is 29.4 Å². The lowest BCUT2D eigenvalue weighted by atomic mass is 9.79. The largest absolute Gasteiger partial charge is 0.419 e. The van der Waals surface area contributed by atoms with E-state index in [9.17, 15) is 0 Å². The van der Waals surface area contributed by atoms with Gasteiger partial charge in [-0.05, 0) is 43.2 Å². The van der Waals surface area contributed by atoms with E-state index < -0.39 is 0 Å². The zero-order valence-electron chi connectivity index (χ0n) is 12.7. The molecular weight excluding hydrogens is 262 g/mol. The van der Waals surface area contributed by atoms with Crippen molar-refractivity contribution in [1.82, 2.24) is 15.5 Å². The summed E-state index contributed by atoms with van der Waals surface area (Å²) in [5.74, 6) is 2.90. The monoisotopic (exact) mass is 285 g/mol. The molecule has 3 atom stereocenters. The molecule has 1 heterocycles. The van der Waals surface area contributed by atoms with Crippen molar-refractivity contribution in [2.24, 2.45) is 11.8 Å². The lowest BCUT2D eigenvalue weighted by molar-refractivity contribution is 0.222. The standard InChI is InChI=1S/C17H23N3O/c1-12-8-9-15(10-13(12)2)18-11-16-19-20-17(21-16)14-6-4-3-5-7-14/h3-7,12-13,15,18H,8-11H2,1-2H3. The van der Waals surface area contributed by atoms with Crippen molar-refractivity contribution in [3.8, 4) is 11.5 Å². The number of hydrogen-bond donors (Lipinski definition) is 1. The Balaban J connectivity index is 1.56. The zero-order chi connectivity index (χ0) is 14.7. The number of benzene rings is 1. The Hall–Kier alpha value is -1.68. The number of rotatable bonds is 4. The average molecular weight is 285 g/mol. The van der Waals surface area contributed by atoms with E-state index in [0.717, 1.165) is 17.4 Å². The molecule has 3 unspecified atom stereocenters. The lowest BCUT2D eigenvalue weighted by Crippen LogP contribution is -2.35. The van der Waals surface area contributed by atoms with E-state index in [4.69, 9.17) is 4.42 Å². The number of aromatic nitrogens is 2. The Labute approximate surface area is 126 Å². The molecule has 1 fully saturated rings. The fourth-order valence-electron chi connectivity index (χ4n) is 2.99. The van der Waals surface area contributed by atoms with Crippen LogP contribution in [0.4, 0.5) is 0 Å². The minimum atomic E-state index is 0.572. The summed E-state index contributed by atoms with van der Waals surface area (Å²) in [6.07, 6.45) is 3.78. The molecule has 1 aliphatic rings. The van der Waals surface area contributed by atoms with E-state index in [1.807, 2.05) is 30.3 Å². The molecule has 0 aliphatic heterocycles. The van der Waals surface area contributed by atoms with Crippen LogP contribution >= 0.6 is 0 Å². The predicted octanol–water partition coefficient (Wildman–Crippen LogP) is 3.65. The predicted molar refractivity (Wildman–Crippen MR) is 82.5 cm³/mol. The van der Waals surface area contributed by atoms with Crippen molar-refractivity contribution in [2.75, 3.05) is 0 Å². The van der Waals surface area contributed by atoms with Crippen LogP contribution in [0.15, 0.2) is 34.7 Å². The summed E-state index contributed by atoms with van der Waals surface area (Å²) in [7, 11) is 0. The van der Waals surface area contributed by atoms with Gasteiger partial charge in [0.25, 0.3) is 0 Å². The topological polar surface area (TPSA) is 51.0 Å². The highest BCUT2D eigenvalue weighted by Gasteiger charge is 2.24. The van der Waals surface area contributed by atoms with Gasteiger partial charge in [-0.2, -0.15) is 0 Å². The lowest BCUT2D eigenvalue weighted by Gasteiger charge is -2.32. The average Bonchev–Trinajstić information content (AvgIpc) is 2.98. The van der Waals surface area contributed by atoms with Crippen molar-refractivity contribution in [3.05, 3.63) is 36.2 Å². The van der Waals surface area contributed by atoms with E-state index in [1.54, 1.807) is 0 Å². The summed E-state index contributed by atoms with van der Waals surface area (Å²) >= 11 is 0. The second-order valence-corrected chi connectivity index (χ2v) is 6.21. The van der Waals surface area contributed by atoms with Gasteiger partial charge in [0, 0.05) is 11.6 Å². The van der Waals surface area contributed by atoms with Gasteiger partial charge in [-0.15, -0.1) is 10.2 Å². The van der Waals surface area contributed by atoms with Crippen molar-refractivity contribution in [1.29, 1.82) is 0 Å². The van der Waals surface area contributed by atoms with Crippen LogP contribution in [0.2, 0.25) is 0 Å². The molecule has 1 aromatic heterocycles. The molecule has 1 aromatic carbocycles. The summed E-state index contributed by atoms with van der Waals surface area (Å²) in [6, 6.07) is 10.5. The molecule has 0 saturated heterocycles. The maximum absolute atomic E-state index is 5.72. The molecule has 0 bridgehead atoms. The first-order valence-corrected chi connectivity index (χ1v) is 7.83. The maximum atomic E-state index is 5.72. The number of nitrogens with one attached hydrogen (secondary N) is 1. The Morgan fingerprint density at radius 1 is 1.10 bits per heavy atom. The third kappa shape index (κ3) is 3.50. The Morgan fingerprint density at radius 2 is 1.90 bits per heavy atom. The van der Waals surface area contributed by atoms with Gasteiger partial charge in [0.1, 0.15) is 0 Å². The normalized spacial score (nSPS) is 25.9. The molecule has 1 N–H and O–H groups in total. The highest BCUT2D eigenvalue weighted by atomic mass is 16.4. The molecule has 2 aromatic rings. The third-order valence-corrected chi connectivity index (χ3v) is 4.63. The zero-order valence-corrected chi connectivity index (χ0v) is 12.7. The van der Waals surface area contributed by atoms with Crippen LogP contribution in [0.1, 0.15) is 39.0 Å². The molecule has 0 radical (unpaired) electrons. The van der Waals surface area contributed by atoms with Gasteiger partial charge in [0.2, 0.25) is 11.8 Å². The fourth-order valence-corrected chi connectivity index (χ4v) is 2.99. The maximum Gasteiger partial charge on any atom is 0.247 e. The van der Waals surface area contributed by atoms with Crippen LogP contribution in [-0.2, 0) is 6.54 Å². The van der Waals surface area contributed by atoms with Crippen LogP contribution < -0.4 is 5.32 Å². The third-order valence-electron chi connectivity index (χ3n) is 4.63. The Kier molecular flexibility index (Phi) is 4.34. The first kappa shape index (κ1) is 14.3. The van der Waals surface area contributed by atoms with Gasteiger partial charge >= 0.3 is 0 Å². The molecule has 1 saturated carbocycles. The van der Waals surface area contributed by atoms with E-state index in [-0.39, 0.29) is 0 Å². The molecular formula is C17H23N3O. The number of hydrogen-bond acceptors (Lipinski definition) is 4. The van der Waals surface area contributed by atoms with Crippen LogP contribution in [0.25, 0.3) is 11.5 Å². The van der Waals surface area contributed by atoms with Gasteiger partial charge in [0.15, 0.2) is 0 Å². The van der Waals surface area contributed by atoms with E-state index in [0.29, 0.717) is 24.4 Å². The highest BCUT2D eigenvalue weighted by Crippen LogP contribution is 2.29. The van der Waals surface area contributed by atoms with Gasteiger partial charge in [-0.25, -0.2) is 0 Å². The van der Waals surface area contributed by atoms with Gasteiger partial charge in [0.05, 0.1) is 6.54 Å². The van der Waals surface area contributed by atoms with Crippen molar-refractivity contribution in [2.45, 2.75) is 45.7 Å². The van der Waals surface area contributed by atoms with Gasteiger partial charge in [-0.1, -0.05) is 32.0 Å². The molecule has 1 aliphatic carbocycles. The summed E-state index contributed by atoms with van der Waals surface area (Å²) in [6.45, 7) is 5.36. The first-order chi connectivity index (χ1) is 10.2. The van der Waals surface area contributed by atoms with Gasteiger partial charge in [-0.3, -0.25) is 0 Å². The van der Waals surface area contributed by atoms with Crippen LogP contribution in [-0.4, -0.2) is 16.2 Å². The SMILES string of the molecule is CC1CCC(NCc2nnc(-c3ccccc3)o2)CC1C. The molecule has 21 heavy (non-hydrogen) atoms. The second-order valence-electron chi connectivity index (χ2n) is 6.21. The number of nitrogens with zero attached hydrogens (tertiary/aromatic N) is 2.